The van der Waals surface area contributed by atoms with Crippen molar-refractivity contribution in [2.24, 2.45) is 5.92 Å². The average Bonchev–Trinajstić information content (AvgIpc) is 2.94. The number of anilines is 2. The first-order chi connectivity index (χ1) is 14.6. The Morgan fingerprint density at radius 3 is 2.55 bits per heavy atom. The lowest BCUT2D eigenvalue weighted by Crippen LogP contribution is -2.41. The number of fused-ring (bicyclic) bond motifs is 1. The van der Waals surface area contributed by atoms with Gasteiger partial charge in [0.1, 0.15) is 0 Å². The monoisotopic (exact) mass is 442 g/mol. The number of aromatic nitrogens is 1. The van der Waals surface area contributed by atoms with E-state index in [9.17, 15) is 18.0 Å². The van der Waals surface area contributed by atoms with E-state index < -0.39 is 15.4 Å². The van der Waals surface area contributed by atoms with Crippen LogP contribution in [0.5, 0.6) is 0 Å². The zero-order chi connectivity index (χ0) is 22.4. The molecule has 8 nitrogen and oxygen atoms in total. The maximum absolute atomic E-state index is 13.2. The first-order valence-corrected chi connectivity index (χ1v) is 11.7. The van der Waals surface area contributed by atoms with Gasteiger partial charge in [0.2, 0.25) is 21.8 Å². The van der Waals surface area contributed by atoms with Gasteiger partial charge in [-0.3, -0.25) is 14.6 Å². The molecule has 1 N–H and O–H groups in total. The number of nitrogens with one attached hydrogen (secondary N) is 1. The lowest BCUT2D eigenvalue weighted by atomic mass is 9.86. The van der Waals surface area contributed by atoms with Gasteiger partial charge in [-0.25, -0.2) is 8.42 Å². The summed E-state index contributed by atoms with van der Waals surface area (Å²) in [5.41, 5.74) is 1.31. The second kappa shape index (κ2) is 7.72. The smallest absolute Gasteiger partial charge is 0.243 e. The molecule has 0 bridgehead atoms. The summed E-state index contributed by atoms with van der Waals surface area (Å²) in [4.78, 5) is 30.7. The average molecular weight is 443 g/mol. The van der Waals surface area contributed by atoms with E-state index in [1.54, 1.807) is 68.5 Å². The van der Waals surface area contributed by atoms with Gasteiger partial charge in [-0.2, -0.15) is 4.31 Å². The van der Waals surface area contributed by atoms with Crippen LogP contribution in [0.4, 0.5) is 11.4 Å². The van der Waals surface area contributed by atoms with E-state index >= 15 is 0 Å². The third-order valence-corrected chi connectivity index (χ3v) is 8.13. The number of benzene rings is 1. The highest BCUT2D eigenvalue weighted by Crippen LogP contribution is 2.42. The molecule has 3 heterocycles. The maximum atomic E-state index is 13.2. The number of hydrogen-bond donors (Lipinski definition) is 1. The summed E-state index contributed by atoms with van der Waals surface area (Å²) >= 11 is 0. The Bertz CT molecular complexity index is 1120. The van der Waals surface area contributed by atoms with E-state index in [1.807, 2.05) is 0 Å². The first kappa shape index (κ1) is 21.5. The molecule has 31 heavy (non-hydrogen) atoms. The molecule has 2 aromatic rings. The van der Waals surface area contributed by atoms with Crippen molar-refractivity contribution in [1.82, 2.24) is 9.29 Å². The normalized spacial score (nSPS) is 19.3. The Balaban J connectivity index is 1.47. The van der Waals surface area contributed by atoms with Gasteiger partial charge in [-0.1, -0.05) is 0 Å². The Kier molecular flexibility index (Phi) is 5.35. The molecule has 0 unspecified atom stereocenters. The molecule has 0 atom stereocenters. The minimum Gasteiger partial charge on any atom is -0.324 e. The van der Waals surface area contributed by atoms with Crippen LogP contribution in [0.2, 0.25) is 0 Å². The highest BCUT2D eigenvalue weighted by Gasteiger charge is 2.43. The first-order valence-electron chi connectivity index (χ1n) is 10.3. The van der Waals surface area contributed by atoms with Crippen LogP contribution in [0.1, 0.15) is 32.3 Å². The van der Waals surface area contributed by atoms with Crippen molar-refractivity contribution < 1.29 is 18.0 Å². The Morgan fingerprint density at radius 2 is 1.90 bits per heavy atom. The van der Waals surface area contributed by atoms with E-state index in [4.69, 9.17) is 0 Å². The van der Waals surface area contributed by atoms with Crippen LogP contribution >= 0.6 is 0 Å². The van der Waals surface area contributed by atoms with Crippen LogP contribution < -0.4 is 10.2 Å². The molecule has 9 heteroatoms. The van der Waals surface area contributed by atoms with Gasteiger partial charge in [-0.15, -0.1) is 0 Å². The fourth-order valence-electron chi connectivity index (χ4n) is 4.30. The second-order valence-corrected chi connectivity index (χ2v) is 10.5. The largest absolute Gasteiger partial charge is 0.324 e. The minimum atomic E-state index is -3.71. The van der Waals surface area contributed by atoms with Crippen LogP contribution in [0.25, 0.3) is 0 Å². The van der Waals surface area contributed by atoms with Crippen LogP contribution in [-0.4, -0.2) is 49.7 Å². The maximum Gasteiger partial charge on any atom is 0.243 e. The number of carbonyl (C=O) groups is 2. The van der Waals surface area contributed by atoms with E-state index in [1.165, 1.54) is 4.31 Å². The van der Waals surface area contributed by atoms with E-state index in [0.717, 1.165) is 5.69 Å². The number of piperidine rings is 1. The predicted octanol–water partition coefficient (Wildman–Crippen LogP) is 2.38. The number of nitrogens with zero attached hydrogens (tertiary/aromatic N) is 3. The lowest BCUT2D eigenvalue weighted by Gasteiger charge is -2.30. The molecule has 0 aliphatic carbocycles. The van der Waals surface area contributed by atoms with Crippen molar-refractivity contribution in [3.8, 4) is 0 Å². The number of sulfonamides is 1. The number of hydrogen-bond acceptors (Lipinski definition) is 5. The molecule has 2 amide bonds. The summed E-state index contributed by atoms with van der Waals surface area (Å²) in [7, 11) is -2.02. The molecule has 0 saturated carbocycles. The summed E-state index contributed by atoms with van der Waals surface area (Å²) in [6.45, 7) is 4.15. The molecule has 164 valence electrons. The topological polar surface area (TPSA) is 99.7 Å². The quantitative estimate of drug-likeness (QED) is 0.784. The van der Waals surface area contributed by atoms with Gasteiger partial charge in [0.25, 0.3) is 0 Å². The van der Waals surface area contributed by atoms with Crippen molar-refractivity contribution in [2.45, 2.75) is 37.0 Å². The summed E-state index contributed by atoms with van der Waals surface area (Å²) in [5.74, 6) is -0.430. The van der Waals surface area contributed by atoms with Gasteiger partial charge < -0.3 is 10.2 Å². The molecule has 2 aliphatic heterocycles. The van der Waals surface area contributed by atoms with E-state index in [-0.39, 0.29) is 35.7 Å². The summed E-state index contributed by atoms with van der Waals surface area (Å²) in [5, 5.41) is 2.84. The van der Waals surface area contributed by atoms with Crippen LogP contribution in [0.15, 0.2) is 47.6 Å². The van der Waals surface area contributed by atoms with Gasteiger partial charge in [-0.05, 0) is 62.6 Å². The third kappa shape index (κ3) is 3.72. The number of rotatable bonds is 4. The lowest BCUT2D eigenvalue weighted by molar-refractivity contribution is -0.122. The molecule has 1 aromatic heterocycles. The molecular weight excluding hydrogens is 416 g/mol. The van der Waals surface area contributed by atoms with Gasteiger partial charge in [0, 0.05) is 37.9 Å². The molecule has 0 radical (unpaired) electrons. The zero-order valence-electron chi connectivity index (χ0n) is 17.8. The zero-order valence-corrected chi connectivity index (χ0v) is 18.6. The SMILES string of the molecule is CN1C(=O)C(C)(C)c2cc(S(=O)(=O)N3CCC(C(=O)Nc4cccnc4)CC3)ccc21. The molecule has 4 rings (SSSR count). The highest BCUT2D eigenvalue weighted by molar-refractivity contribution is 7.89. The van der Waals surface area contributed by atoms with Crippen molar-refractivity contribution in [2.75, 3.05) is 30.4 Å². The third-order valence-electron chi connectivity index (χ3n) is 6.23. The van der Waals surface area contributed by atoms with E-state index in [0.29, 0.717) is 24.1 Å². The molecular formula is C22H26N4O4S. The van der Waals surface area contributed by atoms with Crippen LogP contribution in [0.3, 0.4) is 0 Å². The second-order valence-electron chi connectivity index (χ2n) is 8.58. The van der Waals surface area contributed by atoms with E-state index in [2.05, 4.69) is 10.3 Å². The Labute approximate surface area is 182 Å². The summed E-state index contributed by atoms with van der Waals surface area (Å²) in [6, 6.07) is 8.38. The van der Waals surface area contributed by atoms with Crippen LogP contribution in [-0.2, 0) is 25.0 Å². The van der Waals surface area contributed by atoms with Crippen molar-refractivity contribution >= 4 is 33.2 Å². The fourth-order valence-corrected chi connectivity index (χ4v) is 5.80. The van der Waals surface area contributed by atoms with Gasteiger partial charge >= 0.3 is 0 Å². The number of amides is 2. The Hall–Kier alpha value is -2.78. The number of likely N-dealkylation sites (N-methyl/N-ethyl adjacent to an activating group) is 1. The standard InChI is InChI=1S/C22H26N4O4S/c1-22(2)18-13-17(6-7-19(18)25(3)21(22)28)31(29,30)26-11-8-15(9-12-26)20(27)24-16-5-4-10-23-14-16/h4-7,10,13-15H,8-9,11-12H2,1-3H3,(H,24,27). The minimum absolute atomic E-state index is 0.0579. The fraction of sp³-hybridized carbons (Fsp3) is 0.409. The predicted molar refractivity (Wildman–Crippen MR) is 117 cm³/mol. The van der Waals surface area contributed by atoms with Crippen molar-refractivity contribution in [3.05, 3.63) is 48.3 Å². The number of pyridine rings is 1. The highest BCUT2D eigenvalue weighted by atomic mass is 32.2. The van der Waals surface area contributed by atoms with Gasteiger partial charge in [0.15, 0.2) is 0 Å². The summed E-state index contributed by atoms with van der Waals surface area (Å²) in [6.07, 6.45) is 4.11. The Morgan fingerprint density at radius 1 is 1.19 bits per heavy atom. The van der Waals surface area contributed by atoms with Gasteiger partial charge in [0.05, 0.1) is 22.2 Å². The number of carbonyl (C=O) groups excluding carboxylic acids is 2. The molecule has 1 aromatic carbocycles. The van der Waals surface area contributed by atoms with Crippen molar-refractivity contribution in [1.29, 1.82) is 0 Å². The molecule has 0 spiro atoms. The van der Waals surface area contributed by atoms with Crippen molar-refractivity contribution in [3.63, 3.8) is 0 Å². The van der Waals surface area contributed by atoms with Crippen LogP contribution in [0, 0.1) is 5.92 Å². The molecule has 1 fully saturated rings. The summed E-state index contributed by atoms with van der Waals surface area (Å²) < 4.78 is 27.9. The molecule has 1 saturated heterocycles. The molecule has 2 aliphatic rings.